The second kappa shape index (κ2) is 7.99. The van der Waals surface area contributed by atoms with E-state index in [2.05, 4.69) is 61.5 Å². The van der Waals surface area contributed by atoms with Crippen LogP contribution in [0.5, 0.6) is 0 Å². The first-order valence-electron chi connectivity index (χ1n) is 9.29. The topological polar surface area (TPSA) is 23.5 Å². The monoisotopic (exact) mass is 335 g/mol. The summed E-state index contributed by atoms with van der Waals surface area (Å²) in [5.41, 5.74) is 2.43. The highest BCUT2D eigenvalue weighted by Gasteiger charge is 2.42. The van der Waals surface area contributed by atoms with Gasteiger partial charge in [0, 0.05) is 12.5 Å². The third-order valence-electron chi connectivity index (χ3n) is 5.27. The van der Waals surface area contributed by atoms with Gasteiger partial charge in [0.05, 0.1) is 0 Å². The molecule has 0 aliphatic heterocycles. The number of hydrogen-bond acceptors (Lipinski definition) is 2. The van der Waals surface area contributed by atoms with Crippen LogP contribution in [-0.2, 0) is 5.60 Å². The third-order valence-corrected chi connectivity index (χ3v) is 5.27. The van der Waals surface area contributed by atoms with Crippen LogP contribution < -0.4 is 0 Å². The summed E-state index contributed by atoms with van der Waals surface area (Å²) >= 11 is 0. The highest BCUT2D eigenvalue weighted by molar-refractivity contribution is 5.57. The molecule has 0 radical (unpaired) electrons. The third kappa shape index (κ3) is 4.02. The molecule has 1 N–H and O–H groups in total. The van der Waals surface area contributed by atoms with E-state index in [0.29, 0.717) is 0 Å². The Morgan fingerprint density at radius 2 is 1.64 bits per heavy atom. The lowest BCUT2D eigenvalue weighted by atomic mass is 9.74. The summed E-state index contributed by atoms with van der Waals surface area (Å²) in [5, 5.41) is 12.1. The van der Waals surface area contributed by atoms with Crippen LogP contribution in [0, 0.1) is 5.92 Å². The quantitative estimate of drug-likeness (QED) is 0.818. The zero-order valence-corrected chi connectivity index (χ0v) is 15.4. The summed E-state index contributed by atoms with van der Waals surface area (Å²) in [4.78, 5) is 2.20. The van der Waals surface area contributed by atoms with E-state index in [1.807, 2.05) is 24.3 Å². The molecule has 2 aromatic carbocycles. The Labute approximate surface area is 151 Å². The molecular formula is C23H29NO. The Hall–Kier alpha value is -1.90. The molecule has 132 valence electrons. The van der Waals surface area contributed by atoms with Gasteiger partial charge in [-0.2, -0.15) is 0 Å². The Morgan fingerprint density at radius 1 is 1.00 bits per heavy atom. The van der Waals surface area contributed by atoms with Crippen LogP contribution in [0.4, 0.5) is 0 Å². The summed E-state index contributed by atoms with van der Waals surface area (Å²) in [6.07, 6.45) is 6.51. The number of rotatable bonds is 4. The molecule has 0 spiro atoms. The maximum Gasteiger partial charge on any atom is 0.115 e. The van der Waals surface area contributed by atoms with Crippen molar-refractivity contribution in [1.29, 1.82) is 0 Å². The summed E-state index contributed by atoms with van der Waals surface area (Å²) < 4.78 is 0. The highest BCUT2D eigenvalue weighted by Crippen LogP contribution is 2.45. The molecule has 0 bridgehead atoms. The van der Waals surface area contributed by atoms with E-state index in [0.717, 1.165) is 42.5 Å². The van der Waals surface area contributed by atoms with Crippen molar-refractivity contribution in [3.05, 3.63) is 77.4 Å². The lowest BCUT2D eigenvalue weighted by Crippen LogP contribution is -2.41. The average molecular weight is 335 g/mol. The van der Waals surface area contributed by atoms with Crippen molar-refractivity contribution >= 4 is 6.08 Å². The number of aliphatic hydroxyl groups is 1. The van der Waals surface area contributed by atoms with E-state index >= 15 is 0 Å². The normalized spacial score (nSPS) is 25.9. The smallest absolute Gasteiger partial charge is 0.115 e. The van der Waals surface area contributed by atoms with Gasteiger partial charge in [-0.3, -0.25) is 0 Å². The molecule has 1 saturated carbocycles. The minimum Gasteiger partial charge on any atom is -0.380 e. The van der Waals surface area contributed by atoms with Gasteiger partial charge >= 0.3 is 0 Å². The molecule has 3 rings (SSSR count). The summed E-state index contributed by atoms with van der Waals surface area (Å²) in [7, 11) is 4.19. The molecule has 2 heteroatoms. The van der Waals surface area contributed by atoms with Crippen molar-refractivity contribution in [3.8, 4) is 0 Å². The minimum atomic E-state index is -0.905. The molecule has 1 fully saturated rings. The first-order chi connectivity index (χ1) is 12.1. The van der Waals surface area contributed by atoms with E-state index in [1.165, 1.54) is 6.42 Å². The van der Waals surface area contributed by atoms with E-state index in [1.54, 1.807) is 0 Å². The fourth-order valence-corrected chi connectivity index (χ4v) is 4.08. The fourth-order valence-electron chi connectivity index (χ4n) is 4.08. The van der Waals surface area contributed by atoms with Crippen molar-refractivity contribution in [2.24, 2.45) is 5.92 Å². The van der Waals surface area contributed by atoms with Gasteiger partial charge in [-0.25, -0.2) is 0 Å². The second-order valence-corrected chi connectivity index (χ2v) is 7.42. The highest BCUT2D eigenvalue weighted by atomic mass is 16.3. The number of benzene rings is 2. The summed E-state index contributed by atoms with van der Waals surface area (Å²) in [6, 6.07) is 20.6. The summed E-state index contributed by atoms with van der Waals surface area (Å²) in [5.74, 6) is 0.197. The molecule has 2 atom stereocenters. The van der Waals surface area contributed by atoms with Crippen LogP contribution in [0.1, 0.15) is 36.8 Å². The van der Waals surface area contributed by atoms with Gasteiger partial charge in [-0.05, 0) is 50.1 Å². The van der Waals surface area contributed by atoms with Gasteiger partial charge < -0.3 is 10.0 Å². The van der Waals surface area contributed by atoms with E-state index in [9.17, 15) is 5.11 Å². The lowest BCUT2D eigenvalue weighted by Gasteiger charge is -2.39. The summed E-state index contributed by atoms with van der Waals surface area (Å²) in [6.45, 7) is 0.886. The average Bonchev–Trinajstić information content (AvgIpc) is 2.77. The maximum atomic E-state index is 12.1. The van der Waals surface area contributed by atoms with E-state index in [-0.39, 0.29) is 5.92 Å². The SMILES string of the molecule is CN(C)CC1CCCC/C(=C/c2ccccc2)C1(O)c1ccccc1. The van der Waals surface area contributed by atoms with Crippen LogP contribution in [-0.4, -0.2) is 30.6 Å². The van der Waals surface area contributed by atoms with Crippen LogP contribution in [0.2, 0.25) is 0 Å². The first-order valence-corrected chi connectivity index (χ1v) is 9.29. The number of nitrogens with zero attached hydrogens (tertiary/aromatic N) is 1. The van der Waals surface area contributed by atoms with Gasteiger partial charge in [0.2, 0.25) is 0 Å². The van der Waals surface area contributed by atoms with E-state index in [4.69, 9.17) is 0 Å². The Morgan fingerprint density at radius 3 is 2.28 bits per heavy atom. The van der Waals surface area contributed by atoms with Gasteiger partial charge in [0.25, 0.3) is 0 Å². The molecule has 2 unspecified atom stereocenters. The maximum absolute atomic E-state index is 12.1. The van der Waals surface area contributed by atoms with Crippen molar-refractivity contribution < 1.29 is 5.11 Å². The predicted molar refractivity (Wildman–Crippen MR) is 105 cm³/mol. The zero-order valence-electron chi connectivity index (χ0n) is 15.4. The largest absolute Gasteiger partial charge is 0.380 e. The molecular weight excluding hydrogens is 306 g/mol. The minimum absolute atomic E-state index is 0.197. The van der Waals surface area contributed by atoms with Crippen molar-refractivity contribution in [1.82, 2.24) is 4.90 Å². The number of hydrogen-bond donors (Lipinski definition) is 1. The Bertz CT molecular complexity index is 693. The zero-order chi connectivity index (χ0) is 17.7. The predicted octanol–water partition coefficient (Wildman–Crippen LogP) is 4.71. The van der Waals surface area contributed by atoms with Crippen LogP contribution in [0.15, 0.2) is 66.2 Å². The molecule has 2 aromatic rings. The van der Waals surface area contributed by atoms with Gasteiger partial charge in [0.1, 0.15) is 5.60 Å². The molecule has 1 aliphatic carbocycles. The van der Waals surface area contributed by atoms with Crippen LogP contribution >= 0.6 is 0 Å². The molecule has 2 nitrogen and oxygen atoms in total. The Kier molecular flexibility index (Phi) is 5.72. The van der Waals surface area contributed by atoms with Crippen molar-refractivity contribution in [3.63, 3.8) is 0 Å². The molecule has 1 aliphatic rings. The van der Waals surface area contributed by atoms with Crippen LogP contribution in [0.3, 0.4) is 0 Å². The molecule has 0 amide bonds. The first kappa shape index (κ1) is 17.9. The van der Waals surface area contributed by atoms with Gasteiger partial charge in [0.15, 0.2) is 0 Å². The van der Waals surface area contributed by atoms with Crippen molar-refractivity contribution in [2.45, 2.75) is 31.3 Å². The standard InChI is InChI=1S/C23H29NO/c1-24(2)18-22-16-10-9-15-21(17-19-11-5-3-6-12-19)23(22,25)20-13-7-4-8-14-20/h3-8,11-14,17,22,25H,9-10,15-16,18H2,1-2H3/b21-17-. The molecule has 0 heterocycles. The van der Waals surface area contributed by atoms with Gasteiger partial charge in [-0.15, -0.1) is 0 Å². The van der Waals surface area contributed by atoms with Crippen molar-refractivity contribution in [2.75, 3.05) is 20.6 Å². The molecule has 25 heavy (non-hydrogen) atoms. The fraction of sp³-hybridized carbons (Fsp3) is 0.391. The van der Waals surface area contributed by atoms with E-state index < -0.39 is 5.60 Å². The van der Waals surface area contributed by atoms with Crippen LogP contribution in [0.25, 0.3) is 6.08 Å². The molecule has 0 saturated heterocycles. The molecule has 0 aromatic heterocycles. The Balaban J connectivity index is 2.11. The second-order valence-electron chi connectivity index (χ2n) is 7.42. The van der Waals surface area contributed by atoms with Gasteiger partial charge in [-0.1, -0.05) is 73.2 Å². The lowest BCUT2D eigenvalue weighted by molar-refractivity contribution is 0.000488.